The maximum absolute atomic E-state index is 14.2. The van der Waals surface area contributed by atoms with Crippen LogP contribution in [0.15, 0.2) is 72.2 Å². The van der Waals surface area contributed by atoms with Gasteiger partial charge in [-0.1, -0.05) is 24.3 Å². The lowest BCUT2D eigenvalue weighted by Crippen LogP contribution is -1.89. The minimum atomic E-state index is -0.580. The van der Waals surface area contributed by atoms with Crippen LogP contribution in [-0.4, -0.2) is 9.97 Å². The van der Waals surface area contributed by atoms with E-state index in [9.17, 15) is 8.78 Å². The molecule has 5 rings (SSSR count). The molecule has 0 spiro atoms. The molecule has 2 heterocycles. The zero-order chi connectivity index (χ0) is 20.0. The molecule has 0 fully saturated rings. The number of nitrogens with zero attached hydrogens (tertiary/aromatic N) is 1. The topological polar surface area (TPSA) is 28.7 Å². The van der Waals surface area contributed by atoms with Gasteiger partial charge >= 0.3 is 0 Å². The summed E-state index contributed by atoms with van der Waals surface area (Å²) in [5, 5.41) is 3.84. The number of aryl methyl sites for hydroxylation is 1. The first-order chi connectivity index (χ1) is 14.1. The molecule has 0 amide bonds. The molecule has 0 unspecified atom stereocenters. The number of benzene rings is 3. The molecule has 0 atom stereocenters. The molecule has 2 nitrogen and oxygen atoms in total. The van der Waals surface area contributed by atoms with Crippen LogP contribution in [0.1, 0.15) is 5.56 Å². The largest absolute Gasteiger partial charge is 0.354 e. The Kier molecular flexibility index (Phi) is 4.25. The summed E-state index contributed by atoms with van der Waals surface area (Å²) in [6.07, 6.45) is 1.80. The lowest BCUT2D eigenvalue weighted by molar-refractivity contribution is 0.589. The van der Waals surface area contributed by atoms with E-state index in [1.54, 1.807) is 23.6 Å². The Balaban J connectivity index is 1.62. The van der Waals surface area contributed by atoms with Gasteiger partial charge in [-0.3, -0.25) is 0 Å². The third-order valence-electron chi connectivity index (χ3n) is 5.08. The monoisotopic (exact) mass is 402 g/mol. The molecule has 5 aromatic rings. The van der Waals surface area contributed by atoms with Gasteiger partial charge in [-0.05, 0) is 60.0 Å². The number of hydrogen-bond acceptors (Lipinski definition) is 2. The molecule has 0 aliphatic carbocycles. The number of aromatic nitrogens is 2. The van der Waals surface area contributed by atoms with Gasteiger partial charge in [0.25, 0.3) is 0 Å². The quantitative estimate of drug-likeness (QED) is 0.339. The first-order valence-corrected chi connectivity index (χ1v) is 10.1. The van der Waals surface area contributed by atoms with Crippen LogP contribution < -0.4 is 0 Å². The van der Waals surface area contributed by atoms with Gasteiger partial charge in [-0.2, -0.15) is 0 Å². The van der Waals surface area contributed by atoms with E-state index in [0.29, 0.717) is 5.69 Å². The Bertz CT molecular complexity index is 1320. The predicted octanol–water partition coefficient (Wildman–Crippen LogP) is 7.21. The van der Waals surface area contributed by atoms with Gasteiger partial charge < -0.3 is 4.98 Å². The predicted molar refractivity (Wildman–Crippen MR) is 115 cm³/mol. The first-order valence-electron chi connectivity index (χ1n) is 9.18. The van der Waals surface area contributed by atoms with Gasteiger partial charge in [0.1, 0.15) is 16.6 Å². The smallest absolute Gasteiger partial charge is 0.135 e. The molecule has 3 aromatic carbocycles. The highest BCUT2D eigenvalue weighted by Gasteiger charge is 2.14. The Morgan fingerprint density at radius 2 is 1.69 bits per heavy atom. The molecule has 0 aliphatic heterocycles. The van der Waals surface area contributed by atoms with E-state index >= 15 is 0 Å². The summed E-state index contributed by atoms with van der Waals surface area (Å²) < 4.78 is 28.4. The number of aromatic amines is 1. The van der Waals surface area contributed by atoms with Crippen LogP contribution in [0.25, 0.3) is 43.9 Å². The van der Waals surface area contributed by atoms with Crippen molar-refractivity contribution >= 4 is 22.2 Å². The fourth-order valence-corrected chi connectivity index (χ4v) is 4.26. The summed E-state index contributed by atoms with van der Waals surface area (Å²) in [6.45, 7) is 2.07. The molecule has 1 N–H and O–H groups in total. The average Bonchev–Trinajstić information content (AvgIpc) is 3.37. The van der Waals surface area contributed by atoms with E-state index in [1.165, 1.54) is 18.2 Å². The highest BCUT2D eigenvalue weighted by Crippen LogP contribution is 2.34. The number of rotatable bonds is 3. The lowest BCUT2D eigenvalue weighted by Gasteiger charge is -2.08. The van der Waals surface area contributed by atoms with Crippen LogP contribution in [-0.2, 0) is 0 Å². The molecule has 29 heavy (non-hydrogen) atoms. The summed E-state index contributed by atoms with van der Waals surface area (Å²) in [5.74, 6) is -1.16. The van der Waals surface area contributed by atoms with Crippen molar-refractivity contribution in [3.8, 4) is 33.0 Å². The normalized spacial score (nSPS) is 11.3. The highest BCUT2D eigenvalue weighted by molar-refractivity contribution is 7.13. The molecule has 0 bridgehead atoms. The average molecular weight is 402 g/mol. The van der Waals surface area contributed by atoms with Crippen molar-refractivity contribution in [3.63, 3.8) is 0 Å². The summed E-state index contributed by atoms with van der Waals surface area (Å²) in [6, 6.07) is 18.0. The molecule has 2 aromatic heterocycles. The van der Waals surface area contributed by atoms with Crippen LogP contribution in [0.2, 0.25) is 0 Å². The van der Waals surface area contributed by atoms with Crippen molar-refractivity contribution in [2.24, 2.45) is 0 Å². The Morgan fingerprint density at radius 3 is 2.45 bits per heavy atom. The SMILES string of the molecule is Cc1ccc(-c2nccs2)cc1-c1ccc2[nH]c(-c3c(F)cccc3F)cc2c1. The van der Waals surface area contributed by atoms with Crippen LogP contribution in [0.4, 0.5) is 8.78 Å². The van der Waals surface area contributed by atoms with E-state index in [-0.39, 0.29) is 5.56 Å². The second-order valence-corrected chi connectivity index (χ2v) is 7.84. The molecular weight excluding hydrogens is 386 g/mol. The van der Waals surface area contributed by atoms with Gasteiger partial charge in [0, 0.05) is 28.0 Å². The fourth-order valence-electron chi connectivity index (χ4n) is 3.62. The zero-order valence-corrected chi connectivity index (χ0v) is 16.4. The Hall–Kier alpha value is -3.31. The van der Waals surface area contributed by atoms with Crippen LogP contribution in [0.3, 0.4) is 0 Å². The van der Waals surface area contributed by atoms with Gasteiger partial charge in [0.05, 0.1) is 11.3 Å². The summed E-state index contributed by atoms with van der Waals surface area (Å²) in [7, 11) is 0. The van der Waals surface area contributed by atoms with Crippen LogP contribution in [0, 0.1) is 18.6 Å². The molecule has 0 radical (unpaired) electrons. The summed E-state index contributed by atoms with van der Waals surface area (Å²) in [4.78, 5) is 7.53. The highest BCUT2D eigenvalue weighted by atomic mass is 32.1. The molecule has 0 aliphatic rings. The van der Waals surface area contributed by atoms with E-state index < -0.39 is 11.6 Å². The first kappa shape index (κ1) is 17.8. The van der Waals surface area contributed by atoms with Crippen LogP contribution in [0.5, 0.6) is 0 Å². The minimum Gasteiger partial charge on any atom is -0.354 e. The van der Waals surface area contributed by atoms with Gasteiger partial charge in [0.15, 0.2) is 0 Å². The molecule has 142 valence electrons. The third-order valence-corrected chi connectivity index (χ3v) is 5.90. The molecule has 0 saturated heterocycles. The lowest BCUT2D eigenvalue weighted by atomic mass is 9.97. The number of halogens is 2. The maximum atomic E-state index is 14.2. The number of nitrogens with one attached hydrogen (secondary N) is 1. The summed E-state index contributed by atoms with van der Waals surface area (Å²) in [5.41, 5.74) is 5.62. The molecule has 5 heteroatoms. The third kappa shape index (κ3) is 3.13. The Labute approximate surface area is 170 Å². The van der Waals surface area contributed by atoms with E-state index in [4.69, 9.17) is 0 Å². The zero-order valence-electron chi connectivity index (χ0n) is 15.5. The fraction of sp³-hybridized carbons (Fsp3) is 0.0417. The number of H-pyrrole nitrogens is 1. The van der Waals surface area contributed by atoms with Gasteiger partial charge in [-0.25, -0.2) is 13.8 Å². The Morgan fingerprint density at radius 1 is 0.897 bits per heavy atom. The van der Waals surface area contributed by atoms with Gasteiger partial charge in [-0.15, -0.1) is 11.3 Å². The minimum absolute atomic E-state index is 0.0350. The second kappa shape index (κ2) is 6.94. The molecular formula is C24H16F2N2S. The van der Waals surface area contributed by atoms with Crippen molar-refractivity contribution in [2.75, 3.05) is 0 Å². The number of hydrogen-bond donors (Lipinski definition) is 1. The van der Waals surface area contributed by atoms with Crippen molar-refractivity contribution < 1.29 is 8.78 Å². The van der Waals surface area contributed by atoms with E-state index in [1.807, 2.05) is 23.6 Å². The van der Waals surface area contributed by atoms with Crippen molar-refractivity contribution in [2.45, 2.75) is 6.92 Å². The van der Waals surface area contributed by atoms with E-state index in [2.05, 4.69) is 35.1 Å². The van der Waals surface area contributed by atoms with Crippen LogP contribution >= 0.6 is 11.3 Å². The van der Waals surface area contributed by atoms with Crippen molar-refractivity contribution in [1.29, 1.82) is 0 Å². The van der Waals surface area contributed by atoms with E-state index in [0.717, 1.165) is 38.2 Å². The van der Waals surface area contributed by atoms with Crippen molar-refractivity contribution in [3.05, 3.63) is 89.4 Å². The second-order valence-electron chi connectivity index (χ2n) is 6.95. The van der Waals surface area contributed by atoms with Crippen molar-refractivity contribution in [1.82, 2.24) is 9.97 Å². The summed E-state index contributed by atoms with van der Waals surface area (Å²) >= 11 is 1.60. The number of thiazole rings is 1. The number of fused-ring (bicyclic) bond motifs is 1. The van der Waals surface area contributed by atoms with Gasteiger partial charge in [0.2, 0.25) is 0 Å². The standard InChI is InChI=1S/C24H16F2N2S/c1-14-5-6-16(24-27-9-10-29-24)12-18(14)15-7-8-21-17(11-15)13-22(28-21)23-19(25)3-2-4-20(23)26/h2-13,28H,1H3. The maximum Gasteiger partial charge on any atom is 0.135 e. The molecule has 0 saturated carbocycles.